The highest BCUT2D eigenvalue weighted by Crippen LogP contribution is 2.42. The summed E-state index contributed by atoms with van der Waals surface area (Å²) >= 11 is 21.1. The van der Waals surface area contributed by atoms with Crippen LogP contribution in [0.25, 0.3) is 0 Å². The van der Waals surface area contributed by atoms with E-state index in [1.54, 1.807) is 54.7 Å². The SMILES string of the molecule is N#C/C(C(=O)Nc1ncc(Cc2cccc(Cl)c2)s1)=C1/S[C@H](Cc2cc(Cl)ccc2Cl)C(=O)N1c1ccccc1. The molecule has 0 unspecified atom stereocenters. The minimum Gasteiger partial charge on any atom is -0.297 e. The highest BCUT2D eigenvalue weighted by Gasteiger charge is 2.41. The van der Waals surface area contributed by atoms with Crippen molar-refractivity contribution >= 4 is 80.5 Å². The Morgan fingerprint density at radius 3 is 2.55 bits per heavy atom. The molecule has 200 valence electrons. The van der Waals surface area contributed by atoms with E-state index < -0.39 is 11.2 Å². The van der Waals surface area contributed by atoms with Crippen molar-refractivity contribution in [3.8, 4) is 6.07 Å². The summed E-state index contributed by atoms with van der Waals surface area (Å²) in [6.07, 6.45) is 2.55. The fourth-order valence-corrected chi connectivity index (χ4v) is 6.89. The van der Waals surface area contributed by atoms with E-state index in [-0.39, 0.29) is 22.9 Å². The fraction of sp³-hybridized carbons (Fsp3) is 0.103. The van der Waals surface area contributed by atoms with Crippen molar-refractivity contribution in [2.45, 2.75) is 18.1 Å². The summed E-state index contributed by atoms with van der Waals surface area (Å²) in [6.45, 7) is 0. The second-order valence-corrected chi connectivity index (χ2v) is 12.3. The molecule has 0 aliphatic carbocycles. The van der Waals surface area contributed by atoms with E-state index in [2.05, 4.69) is 10.3 Å². The van der Waals surface area contributed by atoms with Crippen LogP contribution in [0.15, 0.2) is 89.6 Å². The number of carbonyl (C=O) groups excluding carboxylic acids is 2. The molecule has 0 radical (unpaired) electrons. The maximum Gasteiger partial charge on any atom is 0.270 e. The zero-order valence-electron chi connectivity index (χ0n) is 20.6. The Bertz CT molecular complexity index is 1670. The fourth-order valence-electron chi connectivity index (χ4n) is 4.15. The standard InChI is InChI=1S/C29H19Cl3N4O2S2/c30-19-6-4-5-17(11-19)12-22-16-34-29(39-22)35-26(37)23(15-33)28-36(21-7-2-1-3-8-21)27(38)25(40-28)14-18-13-20(31)9-10-24(18)32/h1-11,13,16,25H,12,14H2,(H,34,35,37)/b28-23-/t25-/m1/s1. The van der Waals surface area contributed by atoms with Gasteiger partial charge in [-0.1, -0.05) is 76.9 Å². The van der Waals surface area contributed by atoms with Gasteiger partial charge in [-0.2, -0.15) is 5.26 Å². The Morgan fingerprint density at radius 2 is 1.80 bits per heavy atom. The van der Waals surface area contributed by atoms with Crippen molar-refractivity contribution in [1.29, 1.82) is 5.26 Å². The third-order valence-corrected chi connectivity index (χ3v) is 8.99. The van der Waals surface area contributed by atoms with Gasteiger partial charge in [0.25, 0.3) is 5.91 Å². The van der Waals surface area contributed by atoms with Crippen molar-refractivity contribution in [1.82, 2.24) is 4.98 Å². The average Bonchev–Trinajstić information content (AvgIpc) is 3.50. The largest absolute Gasteiger partial charge is 0.297 e. The van der Waals surface area contributed by atoms with Crippen molar-refractivity contribution in [3.63, 3.8) is 0 Å². The normalized spacial score (nSPS) is 16.1. The number of carbonyl (C=O) groups is 2. The molecule has 1 aromatic heterocycles. The molecule has 3 aromatic carbocycles. The minimum atomic E-state index is -0.649. The third-order valence-electron chi connectivity index (χ3n) is 5.97. The van der Waals surface area contributed by atoms with Crippen LogP contribution in [0, 0.1) is 11.3 Å². The molecule has 1 atom stereocenters. The summed E-state index contributed by atoms with van der Waals surface area (Å²) in [7, 11) is 0. The molecule has 1 N–H and O–H groups in total. The Kier molecular flexibility index (Phi) is 8.79. The number of thiazole rings is 1. The first-order chi connectivity index (χ1) is 19.3. The number of benzene rings is 3. The summed E-state index contributed by atoms with van der Waals surface area (Å²) in [4.78, 5) is 33.6. The number of rotatable bonds is 7. The summed E-state index contributed by atoms with van der Waals surface area (Å²) in [5.41, 5.74) is 2.08. The Hall–Kier alpha value is -3.32. The molecule has 6 nitrogen and oxygen atoms in total. The van der Waals surface area contributed by atoms with Gasteiger partial charge in [0.05, 0.1) is 5.25 Å². The molecule has 1 saturated heterocycles. The van der Waals surface area contributed by atoms with Crippen LogP contribution in [0.4, 0.5) is 10.8 Å². The molecule has 0 saturated carbocycles. The van der Waals surface area contributed by atoms with E-state index in [0.717, 1.165) is 22.2 Å². The summed E-state index contributed by atoms with van der Waals surface area (Å²) in [6, 6.07) is 23.5. The van der Waals surface area contributed by atoms with Crippen molar-refractivity contribution in [2.75, 3.05) is 10.2 Å². The van der Waals surface area contributed by atoms with Crippen LogP contribution in [0.1, 0.15) is 16.0 Å². The van der Waals surface area contributed by atoms with Gasteiger partial charge in [-0.15, -0.1) is 11.3 Å². The van der Waals surface area contributed by atoms with Gasteiger partial charge in [0, 0.05) is 38.3 Å². The molecule has 40 heavy (non-hydrogen) atoms. The van der Waals surface area contributed by atoms with Crippen LogP contribution in [-0.4, -0.2) is 22.0 Å². The smallest absolute Gasteiger partial charge is 0.270 e. The number of anilines is 2. The highest BCUT2D eigenvalue weighted by molar-refractivity contribution is 8.05. The number of nitrogens with one attached hydrogen (secondary N) is 1. The molecular formula is C29H19Cl3N4O2S2. The van der Waals surface area contributed by atoms with Crippen molar-refractivity contribution in [2.24, 2.45) is 0 Å². The van der Waals surface area contributed by atoms with E-state index in [1.165, 1.54) is 16.2 Å². The lowest BCUT2D eigenvalue weighted by molar-refractivity contribution is -0.117. The number of nitrogens with zero attached hydrogens (tertiary/aromatic N) is 3. The topological polar surface area (TPSA) is 86.1 Å². The van der Waals surface area contributed by atoms with E-state index in [1.807, 2.05) is 30.3 Å². The number of hydrogen-bond donors (Lipinski definition) is 1. The molecule has 5 rings (SSSR count). The molecule has 1 aliphatic heterocycles. The van der Waals surface area contributed by atoms with Crippen LogP contribution >= 0.6 is 57.9 Å². The highest BCUT2D eigenvalue weighted by atomic mass is 35.5. The molecule has 2 amide bonds. The van der Waals surface area contributed by atoms with Gasteiger partial charge in [-0.3, -0.25) is 19.8 Å². The molecule has 2 heterocycles. The average molecular weight is 626 g/mol. The maximum absolute atomic E-state index is 13.7. The van der Waals surface area contributed by atoms with E-state index >= 15 is 0 Å². The number of thioether (sulfide) groups is 1. The zero-order chi connectivity index (χ0) is 28.2. The van der Waals surface area contributed by atoms with Gasteiger partial charge in [-0.25, -0.2) is 4.98 Å². The first-order valence-corrected chi connectivity index (χ1v) is 14.8. The van der Waals surface area contributed by atoms with E-state index in [4.69, 9.17) is 34.8 Å². The molecule has 11 heteroatoms. The lowest BCUT2D eigenvalue weighted by atomic mass is 10.1. The van der Waals surface area contributed by atoms with Crippen LogP contribution in [0.5, 0.6) is 0 Å². The monoisotopic (exact) mass is 624 g/mol. The number of para-hydroxylation sites is 1. The number of halogens is 3. The molecule has 0 spiro atoms. The molecule has 1 fully saturated rings. The minimum absolute atomic E-state index is 0.187. The zero-order valence-corrected chi connectivity index (χ0v) is 24.5. The van der Waals surface area contributed by atoms with Gasteiger partial charge < -0.3 is 0 Å². The Morgan fingerprint density at radius 1 is 1.02 bits per heavy atom. The Labute approximate surface area is 254 Å². The lowest BCUT2D eigenvalue weighted by Gasteiger charge is -2.18. The van der Waals surface area contributed by atoms with Crippen LogP contribution in [0.3, 0.4) is 0 Å². The third kappa shape index (κ3) is 6.35. The number of amides is 2. The van der Waals surface area contributed by atoms with Crippen LogP contribution in [0.2, 0.25) is 15.1 Å². The van der Waals surface area contributed by atoms with Crippen LogP contribution in [-0.2, 0) is 22.4 Å². The predicted molar refractivity (Wildman–Crippen MR) is 163 cm³/mol. The Balaban J connectivity index is 1.42. The summed E-state index contributed by atoms with van der Waals surface area (Å²) < 4.78 is 0. The molecule has 1 aliphatic rings. The first-order valence-electron chi connectivity index (χ1n) is 12.0. The molecular weight excluding hydrogens is 607 g/mol. The van der Waals surface area contributed by atoms with E-state index in [0.29, 0.717) is 37.9 Å². The van der Waals surface area contributed by atoms with Crippen molar-refractivity contribution < 1.29 is 9.59 Å². The van der Waals surface area contributed by atoms with E-state index in [9.17, 15) is 14.9 Å². The summed E-state index contributed by atoms with van der Waals surface area (Å²) in [5.74, 6) is -0.912. The molecule has 4 aromatic rings. The second kappa shape index (κ2) is 12.5. The maximum atomic E-state index is 13.7. The number of nitriles is 1. The number of hydrogen-bond acceptors (Lipinski definition) is 6. The molecule has 0 bridgehead atoms. The van der Waals surface area contributed by atoms with Gasteiger partial charge in [0.15, 0.2) is 5.13 Å². The quantitative estimate of drug-likeness (QED) is 0.168. The summed E-state index contributed by atoms with van der Waals surface area (Å²) in [5, 5.41) is 14.4. The van der Waals surface area contributed by atoms with Gasteiger partial charge in [0.2, 0.25) is 5.91 Å². The van der Waals surface area contributed by atoms with Gasteiger partial charge in [-0.05, 0) is 60.0 Å². The lowest BCUT2D eigenvalue weighted by Crippen LogP contribution is -2.30. The second-order valence-electron chi connectivity index (χ2n) is 8.74. The van der Waals surface area contributed by atoms with Gasteiger partial charge in [0.1, 0.15) is 16.7 Å². The van der Waals surface area contributed by atoms with Gasteiger partial charge >= 0.3 is 0 Å². The number of aromatic nitrogens is 1. The van der Waals surface area contributed by atoms with Crippen LogP contribution < -0.4 is 10.2 Å². The first kappa shape index (κ1) is 28.2. The predicted octanol–water partition coefficient (Wildman–Crippen LogP) is 7.76. The van der Waals surface area contributed by atoms with Crippen molar-refractivity contribution in [3.05, 3.63) is 121 Å².